The monoisotopic (exact) mass is 299 g/mol. The van der Waals surface area contributed by atoms with Gasteiger partial charge in [-0.15, -0.1) is 0 Å². The predicted octanol–water partition coefficient (Wildman–Crippen LogP) is 3.55. The molecule has 1 aliphatic carbocycles. The van der Waals surface area contributed by atoms with Gasteiger partial charge in [-0.3, -0.25) is 9.69 Å². The second-order valence-corrected chi connectivity index (χ2v) is 6.77. The molecule has 3 nitrogen and oxygen atoms in total. The molecule has 0 bridgehead atoms. The Morgan fingerprint density at radius 1 is 1.36 bits per heavy atom. The van der Waals surface area contributed by atoms with E-state index in [1.165, 1.54) is 18.2 Å². The molecule has 118 valence electrons. The standard InChI is InChI=1S/C19H25NO2/c1-15-7-6-10-19(13-15)11-12-20(17(19)18(21)22-2)14-16-8-4-3-5-9-16/h3-5,8-9,17H,1,6-7,10-14H2,2H3. The lowest BCUT2D eigenvalue weighted by molar-refractivity contribution is -0.150. The number of allylic oxidation sites excluding steroid dienone is 1. The van der Waals surface area contributed by atoms with Crippen LogP contribution in [-0.4, -0.2) is 30.6 Å². The van der Waals surface area contributed by atoms with E-state index in [2.05, 4.69) is 35.7 Å². The molecule has 1 aromatic carbocycles. The van der Waals surface area contributed by atoms with Gasteiger partial charge in [0.25, 0.3) is 0 Å². The summed E-state index contributed by atoms with van der Waals surface area (Å²) in [5, 5.41) is 0. The van der Waals surface area contributed by atoms with Gasteiger partial charge in [0.2, 0.25) is 0 Å². The maximum Gasteiger partial charge on any atom is 0.323 e. The second-order valence-electron chi connectivity index (χ2n) is 6.77. The zero-order valence-electron chi connectivity index (χ0n) is 13.4. The van der Waals surface area contributed by atoms with Crippen molar-refractivity contribution in [2.75, 3.05) is 13.7 Å². The topological polar surface area (TPSA) is 29.5 Å². The number of likely N-dealkylation sites (tertiary alicyclic amines) is 1. The summed E-state index contributed by atoms with van der Waals surface area (Å²) >= 11 is 0. The zero-order chi connectivity index (χ0) is 15.6. The Morgan fingerprint density at radius 2 is 2.14 bits per heavy atom. The van der Waals surface area contributed by atoms with Crippen LogP contribution in [0, 0.1) is 5.41 Å². The fourth-order valence-corrected chi connectivity index (χ4v) is 4.33. The molecule has 0 radical (unpaired) electrons. The maximum atomic E-state index is 12.5. The van der Waals surface area contributed by atoms with E-state index < -0.39 is 0 Å². The van der Waals surface area contributed by atoms with Crippen molar-refractivity contribution in [2.45, 2.75) is 44.7 Å². The minimum atomic E-state index is -0.130. The number of methoxy groups -OCH3 is 1. The second kappa shape index (κ2) is 6.25. The molecular weight excluding hydrogens is 274 g/mol. The van der Waals surface area contributed by atoms with Gasteiger partial charge in [0.1, 0.15) is 6.04 Å². The van der Waals surface area contributed by atoms with Crippen molar-refractivity contribution in [1.82, 2.24) is 4.90 Å². The SMILES string of the molecule is C=C1CCCC2(CCN(Cc3ccccc3)C2C(=O)OC)C1. The van der Waals surface area contributed by atoms with Gasteiger partial charge in [-0.1, -0.05) is 42.5 Å². The zero-order valence-corrected chi connectivity index (χ0v) is 13.4. The minimum Gasteiger partial charge on any atom is -0.468 e. The van der Waals surface area contributed by atoms with Crippen LogP contribution in [0.15, 0.2) is 42.5 Å². The number of hydrogen-bond acceptors (Lipinski definition) is 3. The molecule has 3 heteroatoms. The number of esters is 1. The number of benzene rings is 1. The quantitative estimate of drug-likeness (QED) is 0.631. The van der Waals surface area contributed by atoms with Gasteiger partial charge in [-0.2, -0.15) is 0 Å². The van der Waals surface area contributed by atoms with Crippen LogP contribution < -0.4 is 0 Å². The third kappa shape index (κ3) is 2.82. The molecule has 22 heavy (non-hydrogen) atoms. The molecule has 3 rings (SSSR count). The van der Waals surface area contributed by atoms with E-state index >= 15 is 0 Å². The Hall–Kier alpha value is -1.61. The van der Waals surface area contributed by atoms with Crippen molar-refractivity contribution >= 4 is 5.97 Å². The van der Waals surface area contributed by atoms with Gasteiger partial charge in [0.05, 0.1) is 7.11 Å². The highest BCUT2D eigenvalue weighted by Crippen LogP contribution is 2.50. The van der Waals surface area contributed by atoms with Crippen molar-refractivity contribution in [2.24, 2.45) is 5.41 Å². The van der Waals surface area contributed by atoms with Crippen LogP contribution in [0.25, 0.3) is 0 Å². The molecule has 2 unspecified atom stereocenters. The van der Waals surface area contributed by atoms with E-state index in [0.29, 0.717) is 0 Å². The van der Waals surface area contributed by atoms with Crippen LogP contribution in [0.2, 0.25) is 0 Å². The minimum absolute atomic E-state index is 0.0389. The fraction of sp³-hybridized carbons (Fsp3) is 0.526. The van der Waals surface area contributed by atoms with Crippen LogP contribution >= 0.6 is 0 Å². The number of hydrogen-bond donors (Lipinski definition) is 0. The number of carbonyl (C=O) groups excluding carboxylic acids is 1. The summed E-state index contributed by atoms with van der Waals surface area (Å²) in [5.41, 5.74) is 2.59. The average molecular weight is 299 g/mol. The molecule has 1 spiro atoms. The van der Waals surface area contributed by atoms with Crippen LogP contribution in [0.4, 0.5) is 0 Å². The number of nitrogens with zero attached hydrogens (tertiary/aromatic N) is 1. The Bertz CT molecular complexity index is 554. The summed E-state index contributed by atoms with van der Waals surface area (Å²) in [5.74, 6) is -0.0804. The average Bonchev–Trinajstić information content (AvgIpc) is 2.85. The molecule has 0 aromatic heterocycles. The Kier molecular flexibility index (Phi) is 4.34. The van der Waals surface area contributed by atoms with E-state index in [1.54, 1.807) is 0 Å². The van der Waals surface area contributed by atoms with Gasteiger partial charge in [0, 0.05) is 12.0 Å². The molecule has 1 heterocycles. The predicted molar refractivity (Wildman–Crippen MR) is 87.3 cm³/mol. The van der Waals surface area contributed by atoms with Crippen molar-refractivity contribution in [3.8, 4) is 0 Å². The summed E-state index contributed by atoms with van der Waals surface area (Å²) in [6.45, 7) is 5.97. The number of rotatable bonds is 3. The van der Waals surface area contributed by atoms with Gasteiger partial charge in [0.15, 0.2) is 0 Å². The van der Waals surface area contributed by atoms with Crippen molar-refractivity contribution < 1.29 is 9.53 Å². The van der Waals surface area contributed by atoms with Crippen LogP contribution in [-0.2, 0) is 16.1 Å². The van der Waals surface area contributed by atoms with Gasteiger partial charge in [-0.05, 0) is 44.2 Å². The van der Waals surface area contributed by atoms with Crippen LogP contribution in [0.3, 0.4) is 0 Å². The highest BCUT2D eigenvalue weighted by Gasteiger charge is 2.52. The molecule has 1 aromatic rings. The van der Waals surface area contributed by atoms with E-state index in [0.717, 1.165) is 45.2 Å². The molecule has 0 amide bonds. The first-order valence-corrected chi connectivity index (χ1v) is 8.17. The van der Waals surface area contributed by atoms with Gasteiger partial charge >= 0.3 is 5.97 Å². The summed E-state index contributed by atoms with van der Waals surface area (Å²) in [6.07, 6.45) is 5.40. The molecule has 0 N–H and O–H groups in total. The summed E-state index contributed by atoms with van der Waals surface area (Å²) in [6, 6.07) is 10.2. The third-order valence-corrected chi connectivity index (χ3v) is 5.30. The molecule has 2 fully saturated rings. The van der Waals surface area contributed by atoms with Gasteiger partial charge < -0.3 is 4.74 Å². The third-order valence-electron chi connectivity index (χ3n) is 5.30. The lowest BCUT2D eigenvalue weighted by atomic mass is 9.67. The number of ether oxygens (including phenoxy) is 1. The lowest BCUT2D eigenvalue weighted by Gasteiger charge is -2.40. The molecule has 2 aliphatic rings. The van der Waals surface area contributed by atoms with Crippen molar-refractivity contribution in [3.63, 3.8) is 0 Å². The normalized spacial score (nSPS) is 29.0. The molecular formula is C19H25NO2. The van der Waals surface area contributed by atoms with E-state index in [1.807, 2.05) is 6.07 Å². The molecule has 2 atom stereocenters. The van der Waals surface area contributed by atoms with E-state index in [-0.39, 0.29) is 17.4 Å². The fourth-order valence-electron chi connectivity index (χ4n) is 4.33. The highest BCUT2D eigenvalue weighted by atomic mass is 16.5. The largest absolute Gasteiger partial charge is 0.468 e. The summed E-state index contributed by atoms with van der Waals surface area (Å²) in [7, 11) is 1.51. The Balaban J connectivity index is 1.84. The first kappa shape index (κ1) is 15.3. The molecule has 1 saturated carbocycles. The maximum absolute atomic E-state index is 12.5. The van der Waals surface area contributed by atoms with E-state index in [9.17, 15) is 4.79 Å². The van der Waals surface area contributed by atoms with E-state index in [4.69, 9.17) is 4.74 Å². The smallest absolute Gasteiger partial charge is 0.323 e. The summed E-state index contributed by atoms with van der Waals surface area (Å²) < 4.78 is 5.15. The Morgan fingerprint density at radius 3 is 2.82 bits per heavy atom. The van der Waals surface area contributed by atoms with Crippen LogP contribution in [0.5, 0.6) is 0 Å². The number of carbonyl (C=O) groups is 1. The lowest BCUT2D eigenvalue weighted by Crippen LogP contribution is -2.47. The van der Waals surface area contributed by atoms with Crippen LogP contribution in [0.1, 0.15) is 37.7 Å². The molecule has 1 aliphatic heterocycles. The molecule has 1 saturated heterocycles. The Labute approximate surface area is 133 Å². The first-order valence-electron chi connectivity index (χ1n) is 8.17. The highest BCUT2D eigenvalue weighted by molar-refractivity contribution is 5.77. The van der Waals surface area contributed by atoms with Gasteiger partial charge in [-0.25, -0.2) is 0 Å². The first-order chi connectivity index (χ1) is 10.6. The van der Waals surface area contributed by atoms with Crippen molar-refractivity contribution in [3.05, 3.63) is 48.0 Å². The van der Waals surface area contributed by atoms with Crippen molar-refractivity contribution in [1.29, 1.82) is 0 Å². The summed E-state index contributed by atoms with van der Waals surface area (Å²) in [4.78, 5) is 14.8.